The van der Waals surface area contributed by atoms with E-state index >= 15 is 0 Å². The summed E-state index contributed by atoms with van der Waals surface area (Å²) >= 11 is 0. The second-order valence-corrected chi connectivity index (χ2v) is 3.60. The molecular weight excluding hydrogens is 190 g/mol. The molecule has 0 spiro atoms. The molecule has 0 bridgehead atoms. The molecule has 2 aliphatic heterocycles. The van der Waals surface area contributed by atoms with E-state index in [0.29, 0.717) is 6.42 Å². The van der Waals surface area contributed by atoms with Crippen molar-refractivity contribution in [2.75, 3.05) is 0 Å². The van der Waals surface area contributed by atoms with E-state index in [2.05, 4.69) is 9.98 Å². The van der Waals surface area contributed by atoms with Crippen molar-refractivity contribution >= 4 is 17.8 Å². The van der Waals surface area contributed by atoms with E-state index in [4.69, 9.17) is 0 Å². The highest BCUT2D eigenvalue weighted by molar-refractivity contribution is 6.31. The van der Waals surface area contributed by atoms with Gasteiger partial charge >= 0.3 is 0 Å². The molecular formula is C11H9N3O. The van der Waals surface area contributed by atoms with Gasteiger partial charge in [-0.25, -0.2) is 4.99 Å². The van der Waals surface area contributed by atoms with Crippen molar-refractivity contribution in [1.82, 2.24) is 4.90 Å². The van der Waals surface area contributed by atoms with Gasteiger partial charge in [-0.15, -0.1) is 0 Å². The topological polar surface area (TPSA) is 45.0 Å². The number of ketones is 1. The van der Waals surface area contributed by atoms with Crippen LogP contribution in [0.5, 0.6) is 0 Å². The van der Waals surface area contributed by atoms with E-state index in [-0.39, 0.29) is 5.78 Å². The summed E-state index contributed by atoms with van der Waals surface area (Å²) in [7, 11) is 0. The van der Waals surface area contributed by atoms with Crippen molar-refractivity contribution in [1.29, 1.82) is 0 Å². The Balaban J connectivity index is 2.07. The van der Waals surface area contributed by atoms with Crippen LogP contribution in [0.2, 0.25) is 0 Å². The molecule has 0 radical (unpaired) electrons. The molecule has 0 aromatic heterocycles. The third-order valence-electron chi connectivity index (χ3n) is 2.57. The molecule has 0 aromatic rings. The van der Waals surface area contributed by atoms with Crippen molar-refractivity contribution in [3.63, 3.8) is 0 Å². The minimum atomic E-state index is 0.156. The predicted octanol–water partition coefficient (Wildman–Crippen LogP) is 1.39. The molecule has 3 rings (SSSR count). The van der Waals surface area contributed by atoms with Crippen LogP contribution in [-0.4, -0.2) is 22.7 Å². The monoisotopic (exact) mass is 199 g/mol. The Morgan fingerprint density at radius 2 is 2.27 bits per heavy atom. The van der Waals surface area contributed by atoms with Gasteiger partial charge in [0.1, 0.15) is 0 Å². The van der Waals surface area contributed by atoms with Crippen LogP contribution in [0.15, 0.2) is 45.9 Å². The lowest BCUT2D eigenvalue weighted by Gasteiger charge is -2.26. The lowest BCUT2D eigenvalue weighted by Crippen LogP contribution is -2.28. The molecule has 2 heterocycles. The second kappa shape index (κ2) is 3.02. The molecule has 0 atom stereocenters. The Kier molecular flexibility index (Phi) is 1.68. The average Bonchev–Trinajstić information content (AvgIpc) is 2.26. The number of hydrogen-bond donors (Lipinski definition) is 0. The summed E-state index contributed by atoms with van der Waals surface area (Å²) in [5, 5.41) is 0. The maximum absolute atomic E-state index is 11.2. The zero-order chi connectivity index (χ0) is 10.3. The summed E-state index contributed by atoms with van der Waals surface area (Å²) < 4.78 is 0. The minimum absolute atomic E-state index is 0.156. The molecule has 1 aliphatic carbocycles. The number of carbonyl (C=O) groups excluding carboxylic acids is 1. The first-order valence-corrected chi connectivity index (χ1v) is 4.85. The zero-order valence-electron chi connectivity index (χ0n) is 8.05. The fourth-order valence-corrected chi connectivity index (χ4v) is 1.79. The number of fused-ring (bicyclic) bond motifs is 2. The molecule has 0 fully saturated rings. The average molecular weight is 199 g/mol. The number of rotatable bonds is 0. The van der Waals surface area contributed by atoms with Crippen LogP contribution in [0.25, 0.3) is 0 Å². The smallest absolute Gasteiger partial charge is 0.158 e. The van der Waals surface area contributed by atoms with E-state index < -0.39 is 0 Å². The van der Waals surface area contributed by atoms with Crippen molar-refractivity contribution in [3.05, 3.63) is 35.9 Å². The fraction of sp³-hybridized carbons (Fsp3) is 0.182. The first-order chi connectivity index (χ1) is 7.33. The van der Waals surface area contributed by atoms with E-state index in [1.165, 1.54) is 0 Å². The van der Waals surface area contributed by atoms with Crippen molar-refractivity contribution in [2.45, 2.75) is 12.8 Å². The zero-order valence-corrected chi connectivity index (χ0v) is 8.05. The van der Waals surface area contributed by atoms with E-state index in [0.717, 1.165) is 23.5 Å². The minimum Gasteiger partial charge on any atom is -0.305 e. The number of aliphatic imine (C=N–C) groups is 2. The number of amidine groups is 1. The van der Waals surface area contributed by atoms with Crippen LogP contribution in [0.1, 0.15) is 12.8 Å². The lowest BCUT2D eigenvalue weighted by atomic mass is 9.97. The van der Waals surface area contributed by atoms with Crippen LogP contribution >= 0.6 is 0 Å². The molecule has 0 saturated heterocycles. The molecule has 0 amide bonds. The Hall–Kier alpha value is -1.97. The first kappa shape index (κ1) is 8.35. The molecule has 4 heteroatoms. The van der Waals surface area contributed by atoms with Crippen LogP contribution < -0.4 is 0 Å². The summed E-state index contributed by atoms with van der Waals surface area (Å²) in [6.07, 6.45) is 10.3. The highest BCUT2D eigenvalue weighted by Crippen LogP contribution is 2.27. The molecule has 0 unspecified atom stereocenters. The van der Waals surface area contributed by atoms with Crippen LogP contribution in [0.4, 0.5) is 0 Å². The van der Waals surface area contributed by atoms with Gasteiger partial charge in [0.05, 0.1) is 11.9 Å². The van der Waals surface area contributed by atoms with Crippen LogP contribution in [-0.2, 0) is 4.79 Å². The third kappa shape index (κ3) is 1.34. The summed E-state index contributed by atoms with van der Waals surface area (Å²) in [6, 6.07) is 0. The summed E-state index contributed by atoms with van der Waals surface area (Å²) in [4.78, 5) is 21.6. The highest BCUT2D eigenvalue weighted by Gasteiger charge is 2.21. The van der Waals surface area contributed by atoms with Gasteiger partial charge in [-0.05, 0) is 12.0 Å². The summed E-state index contributed by atoms with van der Waals surface area (Å²) in [5.41, 5.74) is 1.91. The Morgan fingerprint density at radius 1 is 1.33 bits per heavy atom. The highest BCUT2D eigenvalue weighted by atomic mass is 16.1. The maximum Gasteiger partial charge on any atom is 0.158 e. The molecule has 0 saturated carbocycles. The Labute approximate surface area is 87.0 Å². The van der Waals surface area contributed by atoms with Gasteiger partial charge in [-0.2, -0.15) is 0 Å². The molecule has 15 heavy (non-hydrogen) atoms. The van der Waals surface area contributed by atoms with Gasteiger partial charge in [0.2, 0.25) is 0 Å². The quantitative estimate of drug-likeness (QED) is 0.591. The Bertz CT molecular complexity index is 480. The third-order valence-corrected chi connectivity index (χ3v) is 2.57. The first-order valence-electron chi connectivity index (χ1n) is 4.85. The standard InChI is InChI=1S/C11H9N3O/c15-9-2-1-8-7-14-4-3-12-6-11(14)13-10(8)5-9/h3-7H,1-2H2. The lowest BCUT2D eigenvalue weighted by molar-refractivity contribution is -0.114. The van der Waals surface area contributed by atoms with Crippen LogP contribution in [0.3, 0.4) is 0 Å². The number of carbonyl (C=O) groups is 1. The van der Waals surface area contributed by atoms with Crippen molar-refractivity contribution in [2.24, 2.45) is 9.98 Å². The van der Waals surface area contributed by atoms with Crippen molar-refractivity contribution in [3.8, 4) is 0 Å². The van der Waals surface area contributed by atoms with Gasteiger partial charge < -0.3 is 4.90 Å². The Morgan fingerprint density at radius 3 is 3.20 bits per heavy atom. The molecule has 0 N–H and O–H groups in total. The van der Waals surface area contributed by atoms with E-state index in [1.807, 2.05) is 17.3 Å². The van der Waals surface area contributed by atoms with Gasteiger partial charge in [0.25, 0.3) is 0 Å². The normalized spacial score (nSPS) is 22.8. The molecule has 0 aromatic carbocycles. The molecule has 4 nitrogen and oxygen atoms in total. The summed E-state index contributed by atoms with van der Waals surface area (Å²) in [6.45, 7) is 0. The van der Waals surface area contributed by atoms with Gasteiger partial charge in [0, 0.05) is 31.1 Å². The van der Waals surface area contributed by atoms with E-state index in [1.54, 1.807) is 18.5 Å². The number of allylic oxidation sites excluding steroid dienone is 2. The second-order valence-electron chi connectivity index (χ2n) is 3.60. The number of nitrogens with zero attached hydrogens (tertiary/aromatic N) is 3. The number of hydrogen-bond acceptors (Lipinski definition) is 4. The largest absolute Gasteiger partial charge is 0.305 e. The van der Waals surface area contributed by atoms with Crippen molar-refractivity contribution < 1.29 is 4.79 Å². The van der Waals surface area contributed by atoms with Gasteiger partial charge in [0.15, 0.2) is 11.6 Å². The van der Waals surface area contributed by atoms with Crippen LogP contribution in [0, 0.1) is 0 Å². The van der Waals surface area contributed by atoms with Gasteiger partial charge in [-0.1, -0.05) is 0 Å². The predicted molar refractivity (Wildman–Crippen MR) is 57.3 cm³/mol. The maximum atomic E-state index is 11.2. The SMILES string of the molecule is O=C1C=C2N=C3C=NC=CN3C=C2CC1. The molecule has 74 valence electrons. The van der Waals surface area contributed by atoms with Gasteiger partial charge in [-0.3, -0.25) is 9.79 Å². The fourth-order valence-electron chi connectivity index (χ4n) is 1.79. The summed E-state index contributed by atoms with van der Waals surface area (Å²) in [5.74, 6) is 0.922. The van der Waals surface area contributed by atoms with E-state index in [9.17, 15) is 4.79 Å². The molecule has 3 aliphatic rings.